The van der Waals surface area contributed by atoms with Gasteiger partial charge in [-0.05, 0) is 31.9 Å². The van der Waals surface area contributed by atoms with Crippen LogP contribution in [0.4, 0.5) is 0 Å². The summed E-state index contributed by atoms with van der Waals surface area (Å²) >= 11 is 0. The molecule has 2 rings (SSSR count). The first-order valence-electron chi connectivity index (χ1n) is 7.23. The molecule has 0 saturated heterocycles. The summed E-state index contributed by atoms with van der Waals surface area (Å²) in [6.45, 7) is 5.93. The molecule has 1 N–H and O–H groups in total. The molecule has 0 spiro atoms. The zero-order chi connectivity index (χ0) is 13.7. The number of ether oxygens (including phenoxy) is 2. The SMILES string of the molecule is CNC1c2ccccc2OCC1OCCCC(C)C. The number of hydrogen-bond donors (Lipinski definition) is 1. The molecule has 1 aromatic rings. The van der Waals surface area contributed by atoms with E-state index in [2.05, 4.69) is 25.2 Å². The maximum atomic E-state index is 6.01. The molecule has 2 unspecified atom stereocenters. The molecular formula is C16H25NO2. The van der Waals surface area contributed by atoms with E-state index in [1.54, 1.807) is 0 Å². The molecule has 1 heterocycles. The molecular weight excluding hydrogens is 238 g/mol. The molecule has 106 valence electrons. The van der Waals surface area contributed by atoms with E-state index < -0.39 is 0 Å². The summed E-state index contributed by atoms with van der Waals surface area (Å²) in [5.41, 5.74) is 1.20. The highest BCUT2D eigenvalue weighted by molar-refractivity contribution is 5.38. The minimum atomic E-state index is 0.104. The Kier molecular flexibility index (Phi) is 5.23. The van der Waals surface area contributed by atoms with Gasteiger partial charge in [-0.15, -0.1) is 0 Å². The second-order valence-electron chi connectivity index (χ2n) is 5.56. The molecule has 0 saturated carbocycles. The molecule has 1 aromatic carbocycles. The van der Waals surface area contributed by atoms with E-state index in [0.717, 1.165) is 24.7 Å². The molecule has 19 heavy (non-hydrogen) atoms. The first-order chi connectivity index (χ1) is 9.22. The van der Waals surface area contributed by atoms with Gasteiger partial charge in [-0.25, -0.2) is 0 Å². The maximum absolute atomic E-state index is 6.01. The molecule has 0 fully saturated rings. The molecule has 0 amide bonds. The minimum absolute atomic E-state index is 0.104. The van der Waals surface area contributed by atoms with Gasteiger partial charge in [0.15, 0.2) is 0 Å². The Bertz CT molecular complexity index is 392. The van der Waals surface area contributed by atoms with Gasteiger partial charge in [-0.2, -0.15) is 0 Å². The van der Waals surface area contributed by atoms with Crippen LogP contribution in [-0.4, -0.2) is 26.4 Å². The smallest absolute Gasteiger partial charge is 0.124 e. The number of nitrogens with one attached hydrogen (secondary N) is 1. The van der Waals surface area contributed by atoms with Crippen LogP contribution < -0.4 is 10.1 Å². The highest BCUT2D eigenvalue weighted by Gasteiger charge is 2.30. The third kappa shape index (κ3) is 3.71. The second kappa shape index (κ2) is 6.92. The Hall–Kier alpha value is -1.06. The highest BCUT2D eigenvalue weighted by Crippen LogP contribution is 2.32. The average Bonchev–Trinajstić information content (AvgIpc) is 2.42. The van der Waals surface area contributed by atoms with Crippen molar-refractivity contribution >= 4 is 0 Å². The third-order valence-corrected chi connectivity index (χ3v) is 3.60. The summed E-state index contributed by atoms with van der Waals surface area (Å²) < 4.78 is 11.8. The zero-order valence-corrected chi connectivity index (χ0v) is 12.2. The van der Waals surface area contributed by atoms with E-state index >= 15 is 0 Å². The summed E-state index contributed by atoms with van der Waals surface area (Å²) in [6.07, 6.45) is 2.44. The van der Waals surface area contributed by atoms with Crippen LogP contribution in [0.25, 0.3) is 0 Å². The normalized spacial score (nSPS) is 22.1. The first kappa shape index (κ1) is 14.4. The lowest BCUT2D eigenvalue weighted by Crippen LogP contribution is -2.39. The lowest BCUT2D eigenvalue weighted by molar-refractivity contribution is -0.0158. The molecule has 2 atom stereocenters. The lowest BCUT2D eigenvalue weighted by Gasteiger charge is -2.33. The van der Waals surface area contributed by atoms with Crippen LogP contribution in [-0.2, 0) is 4.74 Å². The fourth-order valence-corrected chi connectivity index (χ4v) is 2.55. The van der Waals surface area contributed by atoms with Crippen LogP contribution >= 0.6 is 0 Å². The van der Waals surface area contributed by atoms with Gasteiger partial charge >= 0.3 is 0 Å². The van der Waals surface area contributed by atoms with Gasteiger partial charge in [0, 0.05) is 12.2 Å². The van der Waals surface area contributed by atoms with Crippen molar-refractivity contribution in [1.82, 2.24) is 5.32 Å². The summed E-state index contributed by atoms with van der Waals surface area (Å²) in [5, 5.41) is 3.35. The van der Waals surface area contributed by atoms with E-state index in [9.17, 15) is 0 Å². The number of likely N-dealkylation sites (N-methyl/N-ethyl adjacent to an activating group) is 1. The van der Waals surface area contributed by atoms with Crippen LogP contribution in [0.3, 0.4) is 0 Å². The Morgan fingerprint density at radius 1 is 1.37 bits per heavy atom. The van der Waals surface area contributed by atoms with E-state index in [0.29, 0.717) is 6.61 Å². The zero-order valence-electron chi connectivity index (χ0n) is 12.2. The number of para-hydroxylation sites is 1. The summed E-state index contributed by atoms with van der Waals surface area (Å²) in [4.78, 5) is 0. The van der Waals surface area contributed by atoms with E-state index in [1.807, 2.05) is 25.2 Å². The van der Waals surface area contributed by atoms with Crippen molar-refractivity contribution in [2.75, 3.05) is 20.3 Å². The Balaban J connectivity index is 1.92. The number of fused-ring (bicyclic) bond motifs is 1. The average molecular weight is 263 g/mol. The van der Waals surface area contributed by atoms with Gasteiger partial charge in [0.25, 0.3) is 0 Å². The van der Waals surface area contributed by atoms with Crippen LogP contribution in [0.5, 0.6) is 5.75 Å². The van der Waals surface area contributed by atoms with Crippen LogP contribution in [0, 0.1) is 5.92 Å². The third-order valence-electron chi connectivity index (χ3n) is 3.60. The van der Waals surface area contributed by atoms with E-state index in [-0.39, 0.29) is 12.1 Å². The van der Waals surface area contributed by atoms with Crippen molar-refractivity contribution in [1.29, 1.82) is 0 Å². The van der Waals surface area contributed by atoms with Gasteiger partial charge in [-0.1, -0.05) is 32.0 Å². The molecule has 0 bridgehead atoms. The Morgan fingerprint density at radius 3 is 2.89 bits per heavy atom. The summed E-state index contributed by atoms with van der Waals surface area (Å²) in [6, 6.07) is 8.42. The largest absolute Gasteiger partial charge is 0.490 e. The van der Waals surface area contributed by atoms with Crippen LogP contribution in [0.15, 0.2) is 24.3 Å². The van der Waals surface area contributed by atoms with Crippen LogP contribution in [0.2, 0.25) is 0 Å². The van der Waals surface area contributed by atoms with E-state index in [1.165, 1.54) is 12.0 Å². The van der Waals surface area contributed by atoms with Gasteiger partial charge in [0.1, 0.15) is 18.5 Å². The minimum Gasteiger partial charge on any atom is -0.490 e. The predicted octanol–water partition coefficient (Wildman–Crippen LogP) is 3.16. The number of hydrogen-bond acceptors (Lipinski definition) is 3. The van der Waals surface area contributed by atoms with Gasteiger partial charge in [0.2, 0.25) is 0 Å². The predicted molar refractivity (Wildman–Crippen MR) is 77.5 cm³/mol. The van der Waals surface area contributed by atoms with Crippen molar-refractivity contribution in [3.63, 3.8) is 0 Å². The Labute approximate surface area is 116 Å². The van der Waals surface area contributed by atoms with Gasteiger partial charge in [0.05, 0.1) is 6.04 Å². The topological polar surface area (TPSA) is 30.5 Å². The van der Waals surface area contributed by atoms with Crippen molar-refractivity contribution in [3.8, 4) is 5.75 Å². The van der Waals surface area contributed by atoms with Crippen LogP contribution in [0.1, 0.15) is 38.3 Å². The van der Waals surface area contributed by atoms with Gasteiger partial charge in [-0.3, -0.25) is 0 Å². The highest BCUT2D eigenvalue weighted by atomic mass is 16.5. The fraction of sp³-hybridized carbons (Fsp3) is 0.625. The van der Waals surface area contributed by atoms with Crippen molar-refractivity contribution in [3.05, 3.63) is 29.8 Å². The molecule has 3 heteroatoms. The maximum Gasteiger partial charge on any atom is 0.124 e. The lowest BCUT2D eigenvalue weighted by atomic mass is 9.98. The van der Waals surface area contributed by atoms with Gasteiger partial charge < -0.3 is 14.8 Å². The quantitative estimate of drug-likeness (QED) is 0.800. The monoisotopic (exact) mass is 263 g/mol. The first-order valence-corrected chi connectivity index (χ1v) is 7.23. The molecule has 0 aromatic heterocycles. The standard InChI is InChI=1S/C16H25NO2/c1-12(2)7-6-10-18-15-11-19-14-9-5-4-8-13(14)16(15)17-3/h4-5,8-9,12,15-17H,6-7,10-11H2,1-3H3. The fourth-order valence-electron chi connectivity index (χ4n) is 2.55. The summed E-state index contributed by atoms with van der Waals surface area (Å²) in [7, 11) is 1.98. The van der Waals surface area contributed by atoms with Crippen molar-refractivity contribution in [2.24, 2.45) is 5.92 Å². The molecule has 1 aliphatic rings. The number of rotatable bonds is 6. The van der Waals surface area contributed by atoms with Crippen molar-refractivity contribution < 1.29 is 9.47 Å². The van der Waals surface area contributed by atoms with E-state index in [4.69, 9.17) is 9.47 Å². The second-order valence-corrected chi connectivity index (χ2v) is 5.56. The molecule has 0 radical (unpaired) electrons. The summed E-state index contributed by atoms with van der Waals surface area (Å²) in [5.74, 6) is 1.72. The molecule has 0 aliphatic carbocycles. The molecule has 3 nitrogen and oxygen atoms in total. The molecule has 1 aliphatic heterocycles. The van der Waals surface area contributed by atoms with Crippen molar-refractivity contribution in [2.45, 2.75) is 38.8 Å². The number of benzene rings is 1. The Morgan fingerprint density at radius 2 is 2.16 bits per heavy atom.